The summed E-state index contributed by atoms with van der Waals surface area (Å²) in [6, 6.07) is 20.6. The maximum atomic E-state index is 12.4. The average molecular weight is 380 g/mol. The third kappa shape index (κ3) is 3.47. The predicted octanol–water partition coefficient (Wildman–Crippen LogP) is 4.17. The standard InChI is InChI=1S/C24H29NO3/c1-2-28-21(26)16-24(27)19-14-9-15-20(24)23(18-12-7-4-8-13-18)25-22(19)17-10-5-3-6-11-17/h3-8,10-13,19-20,22-23,25,27H,2,9,14-16H2,1H3/t19-,20+,22+,23-,24?. The first kappa shape index (κ1) is 19.2. The van der Waals surface area contributed by atoms with Crippen molar-refractivity contribution in [1.29, 1.82) is 0 Å². The van der Waals surface area contributed by atoms with E-state index >= 15 is 0 Å². The molecule has 2 fully saturated rings. The Morgan fingerprint density at radius 1 is 1.00 bits per heavy atom. The second-order valence-electron chi connectivity index (χ2n) is 8.06. The summed E-state index contributed by atoms with van der Waals surface area (Å²) in [7, 11) is 0. The molecular formula is C24H29NO3. The summed E-state index contributed by atoms with van der Waals surface area (Å²) in [5.74, 6) is -0.335. The highest BCUT2D eigenvalue weighted by molar-refractivity contribution is 5.71. The topological polar surface area (TPSA) is 58.6 Å². The molecule has 4 heteroatoms. The normalized spacial score (nSPS) is 31.9. The highest BCUT2D eigenvalue weighted by Gasteiger charge is 2.57. The molecule has 2 aromatic rings. The van der Waals surface area contributed by atoms with Crippen LogP contribution < -0.4 is 5.32 Å². The van der Waals surface area contributed by atoms with Crippen LogP contribution in [0.3, 0.4) is 0 Å². The first-order valence-corrected chi connectivity index (χ1v) is 10.4. The predicted molar refractivity (Wildman–Crippen MR) is 109 cm³/mol. The van der Waals surface area contributed by atoms with E-state index in [2.05, 4.69) is 29.6 Å². The second kappa shape index (κ2) is 8.06. The largest absolute Gasteiger partial charge is 0.466 e. The lowest BCUT2D eigenvalue weighted by molar-refractivity contribution is -0.174. The third-order valence-electron chi connectivity index (χ3n) is 6.53. The zero-order chi connectivity index (χ0) is 19.6. The molecule has 1 heterocycles. The average Bonchev–Trinajstić information content (AvgIpc) is 2.69. The van der Waals surface area contributed by atoms with Gasteiger partial charge in [-0.15, -0.1) is 0 Å². The van der Waals surface area contributed by atoms with E-state index in [0.717, 1.165) is 30.4 Å². The number of carbonyl (C=O) groups excluding carboxylic acids is 1. The van der Waals surface area contributed by atoms with Gasteiger partial charge in [-0.25, -0.2) is 0 Å². The lowest BCUT2D eigenvalue weighted by Gasteiger charge is -2.56. The fourth-order valence-corrected chi connectivity index (χ4v) is 5.35. The summed E-state index contributed by atoms with van der Waals surface area (Å²) >= 11 is 0. The van der Waals surface area contributed by atoms with Crippen LogP contribution in [-0.2, 0) is 9.53 Å². The summed E-state index contributed by atoms with van der Waals surface area (Å²) in [6.45, 7) is 2.15. The Hall–Kier alpha value is -2.17. The summed E-state index contributed by atoms with van der Waals surface area (Å²) in [5.41, 5.74) is 1.25. The fraction of sp³-hybridized carbons (Fsp3) is 0.458. The zero-order valence-electron chi connectivity index (χ0n) is 16.4. The Labute approximate surface area is 166 Å². The van der Waals surface area contributed by atoms with Crippen molar-refractivity contribution in [2.45, 2.75) is 50.3 Å². The van der Waals surface area contributed by atoms with Crippen LogP contribution >= 0.6 is 0 Å². The van der Waals surface area contributed by atoms with Crippen LogP contribution in [0.2, 0.25) is 0 Å². The minimum absolute atomic E-state index is 0.00221. The summed E-state index contributed by atoms with van der Waals surface area (Å²) in [6.07, 6.45) is 2.93. The van der Waals surface area contributed by atoms with Gasteiger partial charge in [0.25, 0.3) is 0 Å². The van der Waals surface area contributed by atoms with Crippen LogP contribution in [0.25, 0.3) is 0 Å². The van der Waals surface area contributed by atoms with E-state index in [0.29, 0.717) is 6.61 Å². The molecule has 1 aliphatic heterocycles. The van der Waals surface area contributed by atoms with E-state index in [4.69, 9.17) is 4.74 Å². The molecule has 1 aliphatic carbocycles. The van der Waals surface area contributed by atoms with Crippen molar-refractivity contribution in [3.63, 3.8) is 0 Å². The van der Waals surface area contributed by atoms with Crippen LogP contribution in [0.15, 0.2) is 60.7 Å². The molecule has 0 spiro atoms. The van der Waals surface area contributed by atoms with Crippen LogP contribution in [0.1, 0.15) is 55.8 Å². The van der Waals surface area contributed by atoms with Gasteiger partial charge in [0.15, 0.2) is 0 Å². The van der Waals surface area contributed by atoms with Gasteiger partial charge >= 0.3 is 5.97 Å². The molecule has 1 saturated heterocycles. The number of rotatable bonds is 5. The Balaban J connectivity index is 1.76. The van der Waals surface area contributed by atoms with Gasteiger partial charge in [-0.2, -0.15) is 0 Å². The van der Waals surface area contributed by atoms with E-state index in [9.17, 15) is 9.90 Å². The van der Waals surface area contributed by atoms with Gasteiger partial charge in [0.05, 0.1) is 18.6 Å². The van der Waals surface area contributed by atoms with Gasteiger partial charge in [0.1, 0.15) is 0 Å². The third-order valence-corrected chi connectivity index (χ3v) is 6.53. The van der Waals surface area contributed by atoms with Crippen molar-refractivity contribution in [3.05, 3.63) is 71.8 Å². The van der Waals surface area contributed by atoms with Crippen molar-refractivity contribution in [1.82, 2.24) is 5.32 Å². The molecule has 2 bridgehead atoms. The number of benzene rings is 2. The number of ether oxygens (including phenoxy) is 1. The molecule has 0 aromatic heterocycles. The Bertz CT molecular complexity index is 739. The smallest absolute Gasteiger partial charge is 0.308 e. The number of fused-ring (bicyclic) bond motifs is 2. The summed E-state index contributed by atoms with van der Waals surface area (Å²) < 4.78 is 5.24. The van der Waals surface area contributed by atoms with Gasteiger partial charge in [0, 0.05) is 23.9 Å². The van der Waals surface area contributed by atoms with Gasteiger partial charge in [-0.3, -0.25) is 4.79 Å². The summed E-state index contributed by atoms with van der Waals surface area (Å²) in [5, 5.41) is 15.8. The second-order valence-corrected chi connectivity index (χ2v) is 8.06. The first-order chi connectivity index (χ1) is 13.6. The quantitative estimate of drug-likeness (QED) is 0.766. The van der Waals surface area contributed by atoms with Crippen molar-refractivity contribution in [2.24, 2.45) is 11.8 Å². The highest BCUT2D eigenvalue weighted by Crippen LogP contribution is 2.55. The fourth-order valence-electron chi connectivity index (χ4n) is 5.35. The number of hydrogen-bond acceptors (Lipinski definition) is 4. The highest BCUT2D eigenvalue weighted by atomic mass is 16.5. The van der Waals surface area contributed by atoms with Crippen LogP contribution in [-0.4, -0.2) is 23.3 Å². The monoisotopic (exact) mass is 379 g/mol. The van der Waals surface area contributed by atoms with Crippen molar-refractivity contribution < 1.29 is 14.6 Å². The molecule has 4 rings (SSSR count). The molecule has 2 aliphatic rings. The lowest BCUT2D eigenvalue weighted by Crippen LogP contribution is -2.62. The van der Waals surface area contributed by atoms with Crippen LogP contribution in [0.4, 0.5) is 0 Å². The minimum Gasteiger partial charge on any atom is -0.466 e. The van der Waals surface area contributed by atoms with E-state index in [1.807, 2.05) is 43.3 Å². The lowest BCUT2D eigenvalue weighted by atomic mass is 9.57. The number of piperidine rings is 1. The number of carbonyl (C=O) groups is 1. The molecule has 0 radical (unpaired) electrons. The molecular weight excluding hydrogens is 350 g/mol. The molecule has 4 nitrogen and oxygen atoms in total. The molecule has 2 N–H and O–H groups in total. The maximum absolute atomic E-state index is 12.4. The van der Waals surface area contributed by atoms with Gasteiger partial charge in [-0.1, -0.05) is 67.1 Å². The molecule has 0 amide bonds. The minimum atomic E-state index is -1.07. The SMILES string of the molecule is CCOC(=O)CC1(O)[C@@H]2CCC[C@H]1[C@@H](c1ccccc1)N[C@H]2c1ccccc1. The molecule has 28 heavy (non-hydrogen) atoms. The molecule has 148 valence electrons. The van der Waals surface area contributed by atoms with Gasteiger partial charge in [-0.05, 0) is 30.9 Å². The Morgan fingerprint density at radius 2 is 1.50 bits per heavy atom. The van der Waals surface area contributed by atoms with Gasteiger partial charge in [0.2, 0.25) is 0 Å². The van der Waals surface area contributed by atoms with E-state index in [-0.39, 0.29) is 36.3 Å². The number of aliphatic hydroxyl groups is 1. The molecule has 1 saturated carbocycles. The number of nitrogens with one attached hydrogen (secondary N) is 1. The van der Waals surface area contributed by atoms with Crippen molar-refractivity contribution in [3.8, 4) is 0 Å². The zero-order valence-corrected chi connectivity index (χ0v) is 16.4. The maximum Gasteiger partial charge on any atom is 0.308 e. The number of esters is 1. The summed E-state index contributed by atoms with van der Waals surface area (Å²) in [4.78, 5) is 12.4. The van der Waals surface area contributed by atoms with Crippen molar-refractivity contribution >= 4 is 5.97 Å². The van der Waals surface area contributed by atoms with E-state index in [1.54, 1.807) is 0 Å². The van der Waals surface area contributed by atoms with Crippen LogP contribution in [0, 0.1) is 11.8 Å². The van der Waals surface area contributed by atoms with Crippen molar-refractivity contribution in [2.75, 3.05) is 6.61 Å². The molecule has 5 atom stereocenters. The van der Waals surface area contributed by atoms with Gasteiger partial charge < -0.3 is 15.2 Å². The number of hydrogen-bond donors (Lipinski definition) is 2. The first-order valence-electron chi connectivity index (χ1n) is 10.4. The van der Waals surface area contributed by atoms with E-state index in [1.165, 1.54) is 0 Å². The van der Waals surface area contributed by atoms with E-state index < -0.39 is 5.60 Å². The molecule has 1 unspecified atom stereocenters. The Morgan fingerprint density at radius 3 is 1.96 bits per heavy atom. The molecule has 2 aromatic carbocycles. The Kier molecular flexibility index (Phi) is 5.51. The van der Waals surface area contributed by atoms with Crippen LogP contribution in [0.5, 0.6) is 0 Å².